The molecule has 1 heterocycles. The van der Waals surface area contributed by atoms with E-state index in [1.54, 1.807) is 48.7 Å². The minimum Gasteiger partial charge on any atom is -0.322 e. The number of rotatable bonds is 6. The van der Waals surface area contributed by atoms with Crippen molar-refractivity contribution >= 4 is 35.0 Å². The van der Waals surface area contributed by atoms with E-state index in [4.69, 9.17) is 0 Å². The summed E-state index contributed by atoms with van der Waals surface area (Å²) in [5, 5.41) is 16.2. The summed E-state index contributed by atoms with van der Waals surface area (Å²) in [4.78, 5) is 39.0. The molecule has 0 saturated carbocycles. The number of aromatic nitrogens is 1. The molecule has 2 aromatic carbocycles. The van der Waals surface area contributed by atoms with Crippen molar-refractivity contribution in [2.75, 3.05) is 10.6 Å². The number of para-hydroxylation sites is 1. The van der Waals surface area contributed by atoms with Crippen LogP contribution < -0.4 is 10.6 Å². The molecule has 3 aromatic rings. The number of hydrogen-bond donors (Lipinski definition) is 2. The van der Waals surface area contributed by atoms with Crippen molar-refractivity contribution in [3.05, 3.63) is 100 Å². The maximum Gasteiger partial charge on any atom is 0.270 e. The molecule has 0 aliphatic heterocycles. The molecule has 3 rings (SSSR count). The van der Waals surface area contributed by atoms with Gasteiger partial charge in [0, 0.05) is 24.4 Å². The highest BCUT2D eigenvalue weighted by Crippen LogP contribution is 2.18. The fourth-order valence-corrected chi connectivity index (χ4v) is 2.51. The predicted molar refractivity (Wildman–Crippen MR) is 109 cm³/mol. The molecule has 0 spiro atoms. The van der Waals surface area contributed by atoms with Crippen LogP contribution in [-0.2, 0) is 4.79 Å². The minimum absolute atomic E-state index is 0.0648. The zero-order chi connectivity index (χ0) is 20.6. The average Bonchev–Trinajstić information content (AvgIpc) is 2.73. The number of carbonyl (C=O) groups excluding carboxylic acids is 2. The number of benzene rings is 2. The number of pyridine rings is 1. The predicted octanol–water partition coefficient (Wildman–Crippen LogP) is 3.89. The van der Waals surface area contributed by atoms with Gasteiger partial charge in [0.1, 0.15) is 0 Å². The number of nitro groups is 1. The fourth-order valence-electron chi connectivity index (χ4n) is 2.51. The number of non-ortho nitro benzene ring substituents is 1. The lowest BCUT2D eigenvalue weighted by Crippen LogP contribution is -2.17. The molecule has 0 bridgehead atoms. The normalized spacial score (nSPS) is 10.5. The van der Waals surface area contributed by atoms with Crippen LogP contribution in [0.4, 0.5) is 17.1 Å². The van der Waals surface area contributed by atoms with Gasteiger partial charge in [-0.15, -0.1) is 0 Å². The van der Waals surface area contributed by atoms with Crippen LogP contribution in [0.1, 0.15) is 15.9 Å². The van der Waals surface area contributed by atoms with Gasteiger partial charge >= 0.3 is 0 Å². The Labute approximate surface area is 166 Å². The maximum absolute atomic E-state index is 12.5. The molecule has 0 saturated heterocycles. The number of anilines is 2. The summed E-state index contributed by atoms with van der Waals surface area (Å²) >= 11 is 0. The molecule has 0 aliphatic rings. The molecule has 2 N–H and O–H groups in total. The van der Waals surface area contributed by atoms with Crippen molar-refractivity contribution in [1.82, 2.24) is 4.98 Å². The second kappa shape index (κ2) is 9.05. The minimum atomic E-state index is -0.505. The molecule has 8 nitrogen and oxygen atoms in total. The maximum atomic E-state index is 12.5. The summed E-state index contributed by atoms with van der Waals surface area (Å²) in [7, 11) is 0. The molecule has 2 amide bonds. The van der Waals surface area contributed by atoms with Gasteiger partial charge in [0.25, 0.3) is 11.6 Å². The van der Waals surface area contributed by atoms with Crippen LogP contribution in [0.25, 0.3) is 6.08 Å². The zero-order valence-electron chi connectivity index (χ0n) is 15.1. The summed E-state index contributed by atoms with van der Waals surface area (Å²) in [6.07, 6.45) is 5.81. The second-order valence-electron chi connectivity index (χ2n) is 5.92. The van der Waals surface area contributed by atoms with E-state index >= 15 is 0 Å². The van der Waals surface area contributed by atoms with E-state index in [1.165, 1.54) is 36.5 Å². The highest BCUT2D eigenvalue weighted by Gasteiger charge is 2.12. The van der Waals surface area contributed by atoms with Crippen molar-refractivity contribution in [2.24, 2.45) is 0 Å². The Balaban J connectivity index is 1.72. The monoisotopic (exact) mass is 388 g/mol. The van der Waals surface area contributed by atoms with Gasteiger partial charge in [-0.05, 0) is 35.9 Å². The van der Waals surface area contributed by atoms with E-state index in [-0.39, 0.29) is 11.3 Å². The van der Waals surface area contributed by atoms with Crippen molar-refractivity contribution in [3.8, 4) is 0 Å². The fraction of sp³-hybridized carbons (Fsp3) is 0. The third-order valence-electron chi connectivity index (χ3n) is 3.86. The van der Waals surface area contributed by atoms with Crippen LogP contribution in [0.5, 0.6) is 0 Å². The molecule has 1 aromatic heterocycles. The van der Waals surface area contributed by atoms with Crippen molar-refractivity contribution in [2.45, 2.75) is 0 Å². The van der Waals surface area contributed by atoms with Gasteiger partial charge in [0.2, 0.25) is 5.91 Å². The highest BCUT2D eigenvalue weighted by atomic mass is 16.6. The number of nitro benzene ring substituents is 1. The summed E-state index contributed by atoms with van der Waals surface area (Å²) in [6, 6.07) is 15.9. The number of nitrogens with one attached hydrogen (secondary N) is 2. The first kappa shape index (κ1) is 19.4. The molecule has 144 valence electrons. The van der Waals surface area contributed by atoms with Gasteiger partial charge in [0.15, 0.2) is 0 Å². The lowest BCUT2D eigenvalue weighted by molar-refractivity contribution is -0.384. The first-order valence-electron chi connectivity index (χ1n) is 8.57. The number of hydrogen-bond acceptors (Lipinski definition) is 5. The van der Waals surface area contributed by atoms with Crippen LogP contribution >= 0.6 is 0 Å². The molecule has 29 heavy (non-hydrogen) atoms. The van der Waals surface area contributed by atoms with Gasteiger partial charge in [-0.3, -0.25) is 24.7 Å². The Hall–Kier alpha value is -4.33. The largest absolute Gasteiger partial charge is 0.322 e. The highest BCUT2D eigenvalue weighted by molar-refractivity contribution is 6.11. The van der Waals surface area contributed by atoms with E-state index in [1.807, 2.05) is 0 Å². The summed E-state index contributed by atoms with van der Waals surface area (Å²) in [5.74, 6) is -0.866. The lowest BCUT2D eigenvalue weighted by atomic mass is 10.1. The van der Waals surface area contributed by atoms with Crippen LogP contribution in [0.2, 0.25) is 0 Å². The van der Waals surface area contributed by atoms with Gasteiger partial charge in [0.05, 0.1) is 28.1 Å². The van der Waals surface area contributed by atoms with Gasteiger partial charge in [-0.2, -0.15) is 0 Å². The summed E-state index contributed by atoms with van der Waals surface area (Å²) < 4.78 is 0. The Bertz CT molecular complexity index is 1080. The van der Waals surface area contributed by atoms with E-state index in [0.29, 0.717) is 16.9 Å². The zero-order valence-corrected chi connectivity index (χ0v) is 15.1. The van der Waals surface area contributed by atoms with Crippen molar-refractivity contribution in [1.29, 1.82) is 0 Å². The van der Waals surface area contributed by atoms with Crippen LogP contribution in [0.15, 0.2) is 79.1 Å². The quantitative estimate of drug-likeness (QED) is 0.378. The van der Waals surface area contributed by atoms with Gasteiger partial charge < -0.3 is 10.6 Å². The number of amides is 2. The summed E-state index contributed by atoms with van der Waals surface area (Å²) in [5.41, 5.74) is 1.60. The average molecular weight is 388 g/mol. The first-order valence-corrected chi connectivity index (χ1v) is 8.57. The first-order chi connectivity index (χ1) is 14.0. The van der Waals surface area contributed by atoms with Gasteiger partial charge in [-0.25, -0.2) is 0 Å². The van der Waals surface area contributed by atoms with Crippen molar-refractivity contribution in [3.63, 3.8) is 0 Å². The lowest BCUT2D eigenvalue weighted by Gasteiger charge is -2.10. The molecule has 0 radical (unpaired) electrons. The Morgan fingerprint density at radius 3 is 2.59 bits per heavy atom. The number of carbonyl (C=O) groups is 2. The smallest absolute Gasteiger partial charge is 0.270 e. The molecule has 0 aliphatic carbocycles. The third kappa shape index (κ3) is 5.33. The van der Waals surface area contributed by atoms with Crippen LogP contribution in [0, 0.1) is 10.1 Å². The third-order valence-corrected chi connectivity index (χ3v) is 3.86. The SMILES string of the molecule is O=C(/C=C/c1cccc([N+](=O)[O-])c1)Nc1ccccc1C(=O)Nc1cccnc1. The Kier molecular flexibility index (Phi) is 6.06. The van der Waals surface area contributed by atoms with Crippen molar-refractivity contribution < 1.29 is 14.5 Å². The molecular formula is C21H16N4O4. The van der Waals surface area contributed by atoms with Crippen LogP contribution in [-0.4, -0.2) is 21.7 Å². The van der Waals surface area contributed by atoms with E-state index < -0.39 is 16.7 Å². The molecule has 8 heteroatoms. The molecule has 0 atom stereocenters. The van der Waals surface area contributed by atoms with E-state index in [2.05, 4.69) is 15.6 Å². The Morgan fingerprint density at radius 2 is 1.83 bits per heavy atom. The molecular weight excluding hydrogens is 372 g/mol. The summed E-state index contributed by atoms with van der Waals surface area (Å²) in [6.45, 7) is 0. The molecule has 0 unspecified atom stereocenters. The van der Waals surface area contributed by atoms with E-state index in [9.17, 15) is 19.7 Å². The molecule has 0 fully saturated rings. The van der Waals surface area contributed by atoms with E-state index in [0.717, 1.165) is 0 Å². The standard InChI is InChI=1S/C21H16N4O4/c26-20(11-10-15-5-3-7-17(13-15)25(28)29)24-19-9-2-1-8-18(19)21(27)23-16-6-4-12-22-14-16/h1-14H,(H,23,27)(H,24,26)/b11-10+. The van der Waals surface area contributed by atoms with Crippen LogP contribution in [0.3, 0.4) is 0 Å². The Morgan fingerprint density at radius 1 is 1.00 bits per heavy atom. The van der Waals surface area contributed by atoms with Gasteiger partial charge in [-0.1, -0.05) is 24.3 Å². The second-order valence-corrected chi connectivity index (χ2v) is 5.92. The number of nitrogens with zero attached hydrogens (tertiary/aromatic N) is 2. The topological polar surface area (TPSA) is 114 Å².